The maximum Gasteiger partial charge on any atom is 0.139 e. The van der Waals surface area contributed by atoms with Crippen molar-refractivity contribution in [3.05, 3.63) is 29.3 Å². The topological polar surface area (TPSA) is 25.8 Å². The number of nitrogens with zero attached hydrogens (tertiary/aromatic N) is 2. The first-order valence-electron chi connectivity index (χ1n) is 3.02. The van der Waals surface area contributed by atoms with E-state index in [0.29, 0.717) is 11.0 Å². The lowest BCUT2D eigenvalue weighted by Crippen LogP contribution is -1.82. The van der Waals surface area contributed by atoms with Crippen LogP contribution in [0.25, 0.3) is 6.08 Å². The van der Waals surface area contributed by atoms with E-state index in [1.54, 1.807) is 18.3 Å². The zero-order valence-electron chi connectivity index (χ0n) is 5.67. The largest absolute Gasteiger partial charge is 0.244 e. The minimum atomic E-state index is 0.446. The van der Waals surface area contributed by atoms with Crippen LogP contribution >= 0.6 is 23.2 Å². The van der Waals surface area contributed by atoms with Crippen LogP contribution in [0.15, 0.2) is 18.6 Å². The third-order valence-electron chi connectivity index (χ3n) is 1.08. The molecule has 0 fully saturated rings. The standard InChI is InChI=1S/C7H6Cl2N2/c8-3-1-2-6-4-10-5-11-7(6)9/h1-2,4-5H,3H2. The van der Waals surface area contributed by atoms with E-state index in [1.807, 2.05) is 0 Å². The normalized spacial score (nSPS) is 10.7. The number of alkyl halides is 1. The highest BCUT2D eigenvalue weighted by Crippen LogP contribution is 2.11. The average Bonchev–Trinajstić information content (AvgIpc) is 2.03. The van der Waals surface area contributed by atoms with Crippen LogP contribution in [0, 0.1) is 0 Å². The fourth-order valence-corrected chi connectivity index (χ4v) is 0.853. The Hall–Kier alpha value is -0.600. The van der Waals surface area contributed by atoms with Crippen LogP contribution in [0.5, 0.6) is 0 Å². The van der Waals surface area contributed by atoms with Gasteiger partial charge in [0.15, 0.2) is 0 Å². The van der Waals surface area contributed by atoms with Gasteiger partial charge in [0, 0.05) is 17.6 Å². The van der Waals surface area contributed by atoms with Gasteiger partial charge in [-0.1, -0.05) is 23.8 Å². The summed E-state index contributed by atoms with van der Waals surface area (Å²) in [6.45, 7) is 0. The molecule has 0 aliphatic carbocycles. The second-order valence-corrected chi connectivity index (χ2v) is 2.49. The molecular weight excluding hydrogens is 183 g/mol. The van der Waals surface area contributed by atoms with Gasteiger partial charge < -0.3 is 0 Å². The molecule has 0 spiro atoms. The summed E-state index contributed by atoms with van der Waals surface area (Å²) < 4.78 is 0. The summed E-state index contributed by atoms with van der Waals surface area (Å²) in [4.78, 5) is 7.60. The highest BCUT2D eigenvalue weighted by molar-refractivity contribution is 6.30. The molecule has 0 N–H and O–H groups in total. The Kier molecular flexibility index (Phi) is 3.33. The van der Waals surface area contributed by atoms with E-state index >= 15 is 0 Å². The predicted molar refractivity (Wildman–Crippen MR) is 46.8 cm³/mol. The second kappa shape index (κ2) is 4.31. The molecule has 2 nitrogen and oxygen atoms in total. The Balaban J connectivity index is 2.86. The van der Waals surface area contributed by atoms with E-state index in [-0.39, 0.29) is 0 Å². The van der Waals surface area contributed by atoms with Crippen molar-refractivity contribution in [2.75, 3.05) is 5.88 Å². The second-order valence-electron chi connectivity index (χ2n) is 1.83. The van der Waals surface area contributed by atoms with Crippen molar-refractivity contribution < 1.29 is 0 Å². The smallest absolute Gasteiger partial charge is 0.139 e. The van der Waals surface area contributed by atoms with Crippen molar-refractivity contribution in [3.63, 3.8) is 0 Å². The number of hydrogen-bond donors (Lipinski definition) is 0. The Morgan fingerprint density at radius 3 is 3.00 bits per heavy atom. The highest BCUT2D eigenvalue weighted by Gasteiger charge is 1.93. The lowest BCUT2D eigenvalue weighted by Gasteiger charge is -1.92. The first-order valence-corrected chi connectivity index (χ1v) is 3.94. The molecule has 0 aromatic carbocycles. The fourth-order valence-electron chi connectivity index (χ4n) is 0.609. The van der Waals surface area contributed by atoms with Gasteiger partial charge >= 0.3 is 0 Å². The quantitative estimate of drug-likeness (QED) is 0.527. The summed E-state index contributed by atoms with van der Waals surface area (Å²) in [6.07, 6.45) is 6.61. The van der Waals surface area contributed by atoms with E-state index in [1.165, 1.54) is 6.33 Å². The molecular formula is C7H6Cl2N2. The van der Waals surface area contributed by atoms with Gasteiger partial charge in [-0.25, -0.2) is 9.97 Å². The van der Waals surface area contributed by atoms with Crippen molar-refractivity contribution in [2.45, 2.75) is 0 Å². The van der Waals surface area contributed by atoms with Crippen LogP contribution in [-0.2, 0) is 0 Å². The zero-order chi connectivity index (χ0) is 8.10. The zero-order valence-corrected chi connectivity index (χ0v) is 7.18. The molecule has 1 heterocycles. The lowest BCUT2D eigenvalue weighted by atomic mass is 10.3. The third kappa shape index (κ3) is 2.48. The molecule has 0 unspecified atom stereocenters. The third-order valence-corrected chi connectivity index (χ3v) is 1.57. The Labute approximate surface area is 74.9 Å². The molecule has 0 saturated carbocycles. The first-order chi connectivity index (χ1) is 5.34. The molecule has 0 amide bonds. The maximum absolute atomic E-state index is 5.71. The van der Waals surface area contributed by atoms with Crippen LogP contribution in [-0.4, -0.2) is 15.8 Å². The van der Waals surface area contributed by atoms with E-state index in [9.17, 15) is 0 Å². The number of aromatic nitrogens is 2. The number of allylic oxidation sites excluding steroid dienone is 1. The Morgan fingerprint density at radius 2 is 2.36 bits per heavy atom. The minimum absolute atomic E-state index is 0.446. The molecule has 0 radical (unpaired) electrons. The lowest BCUT2D eigenvalue weighted by molar-refractivity contribution is 1.16. The van der Waals surface area contributed by atoms with Crippen LogP contribution < -0.4 is 0 Å². The van der Waals surface area contributed by atoms with E-state index in [2.05, 4.69) is 9.97 Å². The van der Waals surface area contributed by atoms with Crippen LogP contribution in [0.4, 0.5) is 0 Å². The van der Waals surface area contributed by atoms with E-state index < -0.39 is 0 Å². The fraction of sp³-hybridized carbons (Fsp3) is 0.143. The van der Waals surface area contributed by atoms with Gasteiger partial charge in [-0.15, -0.1) is 11.6 Å². The monoisotopic (exact) mass is 188 g/mol. The summed E-state index contributed by atoms with van der Waals surface area (Å²) in [7, 11) is 0. The Morgan fingerprint density at radius 1 is 1.55 bits per heavy atom. The minimum Gasteiger partial charge on any atom is -0.244 e. The van der Waals surface area contributed by atoms with Crippen LogP contribution in [0.2, 0.25) is 5.15 Å². The number of halogens is 2. The molecule has 0 aliphatic heterocycles. The molecule has 0 aliphatic rings. The van der Waals surface area contributed by atoms with Crippen LogP contribution in [0.3, 0.4) is 0 Å². The van der Waals surface area contributed by atoms with Crippen molar-refractivity contribution in [2.24, 2.45) is 0 Å². The molecule has 1 aromatic rings. The van der Waals surface area contributed by atoms with Gasteiger partial charge in [-0.3, -0.25) is 0 Å². The van der Waals surface area contributed by atoms with Crippen molar-refractivity contribution in [3.8, 4) is 0 Å². The number of rotatable bonds is 2. The number of hydrogen-bond acceptors (Lipinski definition) is 2. The molecule has 0 saturated heterocycles. The average molecular weight is 189 g/mol. The molecule has 1 aromatic heterocycles. The summed E-state index contributed by atoms with van der Waals surface area (Å²) in [5.41, 5.74) is 0.787. The Bertz CT molecular complexity index is 260. The molecule has 4 heteroatoms. The van der Waals surface area contributed by atoms with Gasteiger partial charge in [0.25, 0.3) is 0 Å². The van der Waals surface area contributed by atoms with Gasteiger partial charge in [-0.2, -0.15) is 0 Å². The summed E-state index contributed by atoms with van der Waals surface area (Å²) in [5, 5.41) is 0.446. The predicted octanol–water partition coefficient (Wildman–Crippen LogP) is 2.38. The summed E-state index contributed by atoms with van der Waals surface area (Å²) >= 11 is 11.1. The molecule has 0 atom stereocenters. The maximum atomic E-state index is 5.71. The summed E-state index contributed by atoms with van der Waals surface area (Å²) in [5.74, 6) is 0.464. The van der Waals surface area contributed by atoms with Gasteiger partial charge in [0.1, 0.15) is 11.5 Å². The van der Waals surface area contributed by atoms with Gasteiger partial charge in [-0.05, 0) is 0 Å². The highest BCUT2D eigenvalue weighted by atomic mass is 35.5. The van der Waals surface area contributed by atoms with Crippen molar-refractivity contribution in [1.29, 1.82) is 0 Å². The molecule has 1 rings (SSSR count). The van der Waals surface area contributed by atoms with E-state index in [4.69, 9.17) is 23.2 Å². The molecule has 58 valence electrons. The molecule has 11 heavy (non-hydrogen) atoms. The van der Waals surface area contributed by atoms with E-state index in [0.717, 1.165) is 5.56 Å². The van der Waals surface area contributed by atoms with Gasteiger partial charge in [0.05, 0.1) is 0 Å². The van der Waals surface area contributed by atoms with Crippen LogP contribution in [0.1, 0.15) is 5.56 Å². The van der Waals surface area contributed by atoms with Crippen molar-refractivity contribution in [1.82, 2.24) is 9.97 Å². The SMILES string of the molecule is ClCC=Cc1cncnc1Cl. The van der Waals surface area contributed by atoms with Crippen molar-refractivity contribution >= 4 is 29.3 Å². The summed E-state index contributed by atoms with van der Waals surface area (Å²) in [6, 6.07) is 0. The van der Waals surface area contributed by atoms with Gasteiger partial charge in [0.2, 0.25) is 0 Å². The first kappa shape index (κ1) is 8.50. The molecule has 0 bridgehead atoms.